The van der Waals surface area contributed by atoms with Crippen LogP contribution in [-0.4, -0.2) is 22.4 Å². The number of ketones is 1. The van der Waals surface area contributed by atoms with Gasteiger partial charge in [-0.05, 0) is 0 Å². The summed E-state index contributed by atoms with van der Waals surface area (Å²) in [4.78, 5) is 10.0. The number of halogens is 3. The SMILES string of the molecule is CS(=O)/C(=C\C(=O)C(C)(C)C)C(F)(F)F. The zero-order chi connectivity index (χ0) is 12.4. The van der Waals surface area contributed by atoms with E-state index in [0.717, 1.165) is 6.26 Å². The molecule has 1 unspecified atom stereocenters. The van der Waals surface area contributed by atoms with Crippen LogP contribution in [0.1, 0.15) is 20.8 Å². The Balaban J connectivity index is 5.22. The Kier molecular flexibility index (Phi) is 4.27. The maximum Gasteiger partial charge on any atom is 0.424 e. The van der Waals surface area contributed by atoms with Crippen molar-refractivity contribution in [3.63, 3.8) is 0 Å². The molecule has 0 N–H and O–H groups in total. The van der Waals surface area contributed by atoms with E-state index in [4.69, 9.17) is 0 Å². The Hall–Kier alpha value is -0.650. The van der Waals surface area contributed by atoms with E-state index in [0.29, 0.717) is 6.08 Å². The minimum absolute atomic E-state index is 0.427. The van der Waals surface area contributed by atoms with E-state index in [2.05, 4.69) is 0 Å². The summed E-state index contributed by atoms with van der Waals surface area (Å²) in [6, 6.07) is 0. The molecule has 6 heteroatoms. The molecular formula is C9H13F3O2S. The molecule has 2 nitrogen and oxygen atoms in total. The van der Waals surface area contributed by atoms with Gasteiger partial charge < -0.3 is 0 Å². The number of allylic oxidation sites excluding steroid dienone is 2. The van der Waals surface area contributed by atoms with Crippen LogP contribution in [-0.2, 0) is 15.6 Å². The summed E-state index contributed by atoms with van der Waals surface area (Å²) < 4.78 is 47.7. The molecule has 0 aliphatic heterocycles. The first-order valence-electron chi connectivity index (χ1n) is 4.13. The maximum atomic E-state index is 12.3. The molecule has 0 saturated heterocycles. The summed E-state index contributed by atoms with van der Waals surface area (Å²) in [7, 11) is -2.21. The quantitative estimate of drug-likeness (QED) is 0.697. The summed E-state index contributed by atoms with van der Waals surface area (Å²) in [6.45, 7) is 4.50. The van der Waals surface area contributed by atoms with Gasteiger partial charge in [-0.2, -0.15) is 13.2 Å². The second kappa shape index (κ2) is 4.47. The van der Waals surface area contributed by atoms with E-state index in [9.17, 15) is 22.2 Å². The molecule has 0 fully saturated rings. The standard InChI is InChI=1S/C9H13F3O2S/c1-8(2,3)6(13)5-7(15(4)14)9(10,11)12/h5H,1-4H3/b7-5-. The molecule has 15 heavy (non-hydrogen) atoms. The van der Waals surface area contributed by atoms with Crippen molar-refractivity contribution in [2.75, 3.05) is 6.26 Å². The van der Waals surface area contributed by atoms with Gasteiger partial charge >= 0.3 is 6.18 Å². The van der Waals surface area contributed by atoms with E-state index in [1.54, 1.807) is 0 Å². The molecule has 0 saturated carbocycles. The highest BCUT2D eigenvalue weighted by Crippen LogP contribution is 2.29. The zero-order valence-corrected chi connectivity index (χ0v) is 9.75. The van der Waals surface area contributed by atoms with E-state index in [1.165, 1.54) is 20.8 Å². The number of alkyl halides is 3. The second-order valence-electron chi connectivity index (χ2n) is 4.07. The number of carbonyl (C=O) groups is 1. The van der Waals surface area contributed by atoms with Crippen molar-refractivity contribution in [3.05, 3.63) is 11.0 Å². The van der Waals surface area contributed by atoms with E-state index < -0.39 is 33.1 Å². The highest BCUT2D eigenvalue weighted by molar-refractivity contribution is 7.88. The monoisotopic (exact) mass is 242 g/mol. The normalized spacial score (nSPS) is 16.3. The number of carbonyl (C=O) groups excluding carboxylic acids is 1. The Morgan fingerprint density at radius 2 is 1.60 bits per heavy atom. The average molecular weight is 242 g/mol. The third-order valence-electron chi connectivity index (χ3n) is 1.59. The molecule has 0 aromatic carbocycles. The molecule has 0 rings (SSSR count). The third kappa shape index (κ3) is 4.59. The molecule has 0 amide bonds. The fourth-order valence-corrected chi connectivity index (χ4v) is 1.26. The van der Waals surface area contributed by atoms with Crippen molar-refractivity contribution in [1.82, 2.24) is 0 Å². The Morgan fingerprint density at radius 1 is 1.20 bits per heavy atom. The average Bonchev–Trinajstić information content (AvgIpc) is 1.94. The highest BCUT2D eigenvalue weighted by atomic mass is 32.2. The van der Waals surface area contributed by atoms with Gasteiger partial charge in [-0.15, -0.1) is 0 Å². The molecule has 0 heterocycles. The number of hydrogen-bond acceptors (Lipinski definition) is 2. The van der Waals surface area contributed by atoms with Gasteiger partial charge in [0.2, 0.25) is 0 Å². The lowest BCUT2D eigenvalue weighted by molar-refractivity contribution is -0.122. The van der Waals surface area contributed by atoms with Crippen molar-refractivity contribution < 1.29 is 22.2 Å². The fourth-order valence-electron chi connectivity index (χ4n) is 0.663. The summed E-state index contributed by atoms with van der Waals surface area (Å²) in [5.74, 6) is -0.690. The van der Waals surface area contributed by atoms with Crippen molar-refractivity contribution in [1.29, 1.82) is 0 Å². The van der Waals surface area contributed by atoms with Crippen LogP contribution in [0.25, 0.3) is 0 Å². The van der Waals surface area contributed by atoms with Crippen LogP contribution in [0.2, 0.25) is 0 Å². The molecule has 0 radical (unpaired) electrons. The van der Waals surface area contributed by atoms with Gasteiger partial charge in [0.1, 0.15) is 4.91 Å². The molecule has 0 aliphatic rings. The second-order valence-corrected chi connectivity index (χ2v) is 5.42. The van der Waals surface area contributed by atoms with Gasteiger partial charge in [0.25, 0.3) is 0 Å². The van der Waals surface area contributed by atoms with Crippen LogP contribution in [0.15, 0.2) is 11.0 Å². The van der Waals surface area contributed by atoms with Crippen LogP contribution in [0.5, 0.6) is 0 Å². The summed E-state index contributed by atoms with van der Waals surface area (Å²) in [5.41, 5.74) is -0.907. The lowest BCUT2D eigenvalue weighted by atomic mass is 9.90. The smallest absolute Gasteiger partial charge is 0.294 e. The lowest BCUT2D eigenvalue weighted by Gasteiger charge is -2.15. The van der Waals surface area contributed by atoms with Gasteiger partial charge in [0.05, 0.1) is 10.8 Å². The first kappa shape index (κ1) is 14.3. The molecule has 88 valence electrons. The van der Waals surface area contributed by atoms with Gasteiger partial charge in [-0.3, -0.25) is 9.00 Å². The van der Waals surface area contributed by atoms with Gasteiger partial charge in [-0.25, -0.2) is 0 Å². The minimum Gasteiger partial charge on any atom is -0.294 e. The first-order chi connectivity index (χ1) is 6.46. The van der Waals surface area contributed by atoms with Crippen LogP contribution in [0.4, 0.5) is 13.2 Å². The summed E-state index contributed by atoms with van der Waals surface area (Å²) in [6.07, 6.45) is -3.40. The minimum atomic E-state index is -4.72. The molecule has 0 bridgehead atoms. The van der Waals surface area contributed by atoms with Crippen molar-refractivity contribution in [2.45, 2.75) is 26.9 Å². The molecule has 1 atom stereocenters. The summed E-state index contributed by atoms with van der Waals surface area (Å²) >= 11 is 0. The van der Waals surface area contributed by atoms with Crippen LogP contribution >= 0.6 is 0 Å². The predicted octanol–water partition coefficient (Wildman–Crippen LogP) is 2.43. The predicted molar refractivity (Wildman–Crippen MR) is 52.7 cm³/mol. The highest BCUT2D eigenvalue weighted by Gasteiger charge is 2.38. The van der Waals surface area contributed by atoms with E-state index in [1.807, 2.05) is 0 Å². The van der Waals surface area contributed by atoms with Crippen LogP contribution in [0, 0.1) is 5.41 Å². The zero-order valence-electron chi connectivity index (χ0n) is 8.94. The van der Waals surface area contributed by atoms with E-state index in [-0.39, 0.29) is 0 Å². The van der Waals surface area contributed by atoms with Crippen LogP contribution in [0.3, 0.4) is 0 Å². The Bertz CT molecular complexity index is 310. The van der Waals surface area contributed by atoms with Gasteiger partial charge in [0, 0.05) is 17.7 Å². The number of rotatable bonds is 2. The van der Waals surface area contributed by atoms with Crippen molar-refractivity contribution in [3.8, 4) is 0 Å². The maximum absolute atomic E-state index is 12.3. The molecule has 0 aromatic heterocycles. The molecular weight excluding hydrogens is 229 g/mol. The fraction of sp³-hybridized carbons (Fsp3) is 0.667. The Labute approximate surface area is 89.0 Å². The first-order valence-corrected chi connectivity index (χ1v) is 5.69. The third-order valence-corrected chi connectivity index (χ3v) is 2.56. The Morgan fingerprint density at radius 3 is 1.80 bits per heavy atom. The topological polar surface area (TPSA) is 34.1 Å². The van der Waals surface area contributed by atoms with Gasteiger partial charge in [-0.1, -0.05) is 20.8 Å². The molecule has 0 aliphatic carbocycles. The van der Waals surface area contributed by atoms with E-state index >= 15 is 0 Å². The molecule has 0 spiro atoms. The van der Waals surface area contributed by atoms with Crippen LogP contribution < -0.4 is 0 Å². The number of hydrogen-bond donors (Lipinski definition) is 0. The van der Waals surface area contributed by atoms with Crippen molar-refractivity contribution in [2.24, 2.45) is 5.41 Å². The lowest BCUT2D eigenvalue weighted by Crippen LogP contribution is -2.22. The van der Waals surface area contributed by atoms with Crippen molar-refractivity contribution >= 4 is 16.6 Å². The van der Waals surface area contributed by atoms with Gasteiger partial charge in [0.15, 0.2) is 5.78 Å². The summed E-state index contributed by atoms with van der Waals surface area (Å²) in [5, 5.41) is 0. The largest absolute Gasteiger partial charge is 0.424 e. The molecule has 0 aromatic rings.